The molecule has 0 N–H and O–H groups in total. The summed E-state index contributed by atoms with van der Waals surface area (Å²) in [5.74, 6) is 1.09. The van der Waals surface area contributed by atoms with Gasteiger partial charge in [-0.05, 0) is 30.0 Å². The number of hydrogen-bond donors (Lipinski definition) is 0. The Morgan fingerprint density at radius 2 is 2.06 bits per heavy atom. The minimum absolute atomic E-state index is 0.129. The minimum atomic E-state index is 0.129. The molecule has 18 heavy (non-hydrogen) atoms. The number of ketones is 1. The molecule has 3 heteroatoms. The van der Waals surface area contributed by atoms with E-state index in [-0.39, 0.29) is 11.7 Å². The molecule has 0 saturated carbocycles. The first-order valence-corrected chi connectivity index (χ1v) is 6.39. The molecule has 1 unspecified atom stereocenters. The van der Waals surface area contributed by atoms with Gasteiger partial charge in [-0.2, -0.15) is 0 Å². The second-order valence-electron chi connectivity index (χ2n) is 4.77. The van der Waals surface area contributed by atoms with Crippen molar-refractivity contribution in [1.82, 2.24) is 0 Å². The molecule has 0 radical (unpaired) electrons. The van der Waals surface area contributed by atoms with E-state index in [1.165, 1.54) is 0 Å². The molecule has 0 spiro atoms. The van der Waals surface area contributed by atoms with Gasteiger partial charge in [-0.15, -0.1) is 0 Å². The summed E-state index contributed by atoms with van der Waals surface area (Å²) >= 11 is 6.20. The van der Waals surface area contributed by atoms with E-state index in [2.05, 4.69) is 0 Å². The summed E-state index contributed by atoms with van der Waals surface area (Å²) in [5.41, 5.74) is 2.75. The second-order valence-corrected chi connectivity index (χ2v) is 5.17. The molecule has 1 aliphatic carbocycles. The van der Waals surface area contributed by atoms with E-state index < -0.39 is 0 Å². The molecule has 1 aliphatic rings. The van der Waals surface area contributed by atoms with Crippen LogP contribution < -0.4 is 0 Å². The number of fused-ring (bicyclic) bond motifs is 1. The lowest BCUT2D eigenvalue weighted by molar-refractivity contribution is 0.0960. The molecule has 1 aromatic carbocycles. The van der Waals surface area contributed by atoms with Gasteiger partial charge in [-0.3, -0.25) is 4.79 Å². The zero-order valence-electron chi connectivity index (χ0n) is 10.1. The summed E-state index contributed by atoms with van der Waals surface area (Å²) in [6.45, 7) is 1.91. The van der Waals surface area contributed by atoms with E-state index in [9.17, 15) is 4.79 Å². The fraction of sp³-hybridized carbons (Fsp3) is 0.267. The smallest absolute Gasteiger partial charge is 0.167 e. The molecule has 1 aromatic heterocycles. The number of carbonyl (C=O) groups excluding carboxylic acids is 1. The molecule has 2 aromatic rings. The van der Waals surface area contributed by atoms with Crippen LogP contribution in [0.3, 0.4) is 0 Å². The highest BCUT2D eigenvalue weighted by atomic mass is 35.5. The van der Waals surface area contributed by atoms with Crippen LogP contribution in [0.5, 0.6) is 0 Å². The first-order valence-electron chi connectivity index (χ1n) is 6.01. The fourth-order valence-electron chi connectivity index (χ4n) is 2.67. The minimum Gasteiger partial charge on any atom is -0.468 e. The van der Waals surface area contributed by atoms with Gasteiger partial charge in [0.1, 0.15) is 5.76 Å². The molecule has 1 heterocycles. The van der Waals surface area contributed by atoms with E-state index in [0.717, 1.165) is 33.9 Å². The van der Waals surface area contributed by atoms with Crippen molar-refractivity contribution < 1.29 is 9.21 Å². The molecule has 0 amide bonds. The van der Waals surface area contributed by atoms with Crippen LogP contribution in [-0.2, 0) is 6.42 Å². The maximum absolute atomic E-state index is 12.2. The SMILES string of the molecule is Cc1coc2c1C(=O)CC(c1ccccc1Cl)C2. The van der Waals surface area contributed by atoms with Crippen LogP contribution in [0.25, 0.3) is 0 Å². The summed E-state index contributed by atoms with van der Waals surface area (Å²) < 4.78 is 5.48. The average Bonchev–Trinajstić information content (AvgIpc) is 2.72. The standard InChI is InChI=1S/C15H13ClO2/c1-9-8-18-14-7-10(6-13(17)15(9)14)11-4-2-3-5-12(11)16/h2-5,8,10H,6-7H2,1H3. The van der Waals surface area contributed by atoms with E-state index in [1.54, 1.807) is 6.26 Å². The van der Waals surface area contributed by atoms with Gasteiger partial charge in [0.15, 0.2) is 5.78 Å². The average molecular weight is 261 g/mol. The lowest BCUT2D eigenvalue weighted by atomic mass is 9.82. The zero-order chi connectivity index (χ0) is 12.7. The van der Waals surface area contributed by atoms with Crippen molar-refractivity contribution in [3.05, 3.63) is 58.0 Å². The first kappa shape index (κ1) is 11.5. The van der Waals surface area contributed by atoms with Gasteiger partial charge in [-0.25, -0.2) is 0 Å². The summed E-state index contributed by atoms with van der Waals surface area (Å²) in [4.78, 5) is 12.2. The number of furan rings is 1. The van der Waals surface area contributed by atoms with Gasteiger partial charge in [0.25, 0.3) is 0 Å². The van der Waals surface area contributed by atoms with Crippen LogP contribution >= 0.6 is 11.6 Å². The van der Waals surface area contributed by atoms with E-state index >= 15 is 0 Å². The summed E-state index contributed by atoms with van der Waals surface area (Å²) in [6, 6.07) is 7.71. The Morgan fingerprint density at radius 3 is 2.83 bits per heavy atom. The number of aryl methyl sites for hydroxylation is 1. The van der Waals surface area contributed by atoms with Crippen molar-refractivity contribution in [3.63, 3.8) is 0 Å². The maximum atomic E-state index is 12.2. The van der Waals surface area contributed by atoms with Crippen molar-refractivity contribution in [3.8, 4) is 0 Å². The summed E-state index contributed by atoms with van der Waals surface area (Å²) in [7, 11) is 0. The number of benzene rings is 1. The molecule has 0 fully saturated rings. The number of Topliss-reactive ketones (excluding diaryl/α,β-unsaturated/α-hetero) is 1. The number of hydrogen-bond acceptors (Lipinski definition) is 2. The monoisotopic (exact) mass is 260 g/mol. The maximum Gasteiger partial charge on any atom is 0.167 e. The van der Waals surface area contributed by atoms with Gasteiger partial charge < -0.3 is 4.42 Å². The zero-order valence-corrected chi connectivity index (χ0v) is 10.8. The highest BCUT2D eigenvalue weighted by Crippen LogP contribution is 2.37. The van der Waals surface area contributed by atoms with Crippen LogP contribution in [-0.4, -0.2) is 5.78 Å². The molecule has 0 saturated heterocycles. The van der Waals surface area contributed by atoms with Crippen molar-refractivity contribution in [2.75, 3.05) is 0 Å². The highest BCUT2D eigenvalue weighted by molar-refractivity contribution is 6.31. The third-order valence-corrected chi connectivity index (χ3v) is 3.88. The van der Waals surface area contributed by atoms with E-state index in [4.69, 9.17) is 16.0 Å². The van der Waals surface area contributed by atoms with Gasteiger partial charge >= 0.3 is 0 Å². The Morgan fingerprint density at radius 1 is 1.28 bits per heavy atom. The number of halogens is 1. The molecular weight excluding hydrogens is 248 g/mol. The van der Waals surface area contributed by atoms with Crippen molar-refractivity contribution >= 4 is 17.4 Å². The summed E-state index contributed by atoms with van der Waals surface area (Å²) in [6.07, 6.45) is 2.92. The summed E-state index contributed by atoms with van der Waals surface area (Å²) in [5, 5.41) is 0.724. The topological polar surface area (TPSA) is 30.2 Å². The molecule has 1 atom stereocenters. The predicted octanol–water partition coefficient (Wildman–Crippen LogP) is 4.15. The molecule has 92 valence electrons. The largest absolute Gasteiger partial charge is 0.468 e. The van der Waals surface area contributed by atoms with Crippen LogP contribution in [0.4, 0.5) is 0 Å². The Balaban J connectivity index is 2.00. The molecule has 3 rings (SSSR count). The first-order chi connectivity index (χ1) is 8.66. The van der Waals surface area contributed by atoms with Crippen molar-refractivity contribution in [2.45, 2.75) is 25.7 Å². The van der Waals surface area contributed by atoms with E-state index in [1.807, 2.05) is 31.2 Å². The Hall–Kier alpha value is -1.54. The third kappa shape index (κ3) is 1.77. The van der Waals surface area contributed by atoms with Crippen LogP contribution in [0.2, 0.25) is 5.02 Å². The van der Waals surface area contributed by atoms with Gasteiger partial charge in [0, 0.05) is 17.9 Å². The normalized spacial score (nSPS) is 18.8. The van der Waals surface area contributed by atoms with Crippen LogP contribution in [0.15, 0.2) is 34.9 Å². The molecule has 0 aliphatic heterocycles. The predicted molar refractivity (Wildman–Crippen MR) is 70.3 cm³/mol. The Kier molecular flexibility index (Phi) is 2.75. The van der Waals surface area contributed by atoms with Crippen LogP contribution in [0.1, 0.15) is 39.6 Å². The Labute approximate surface area is 111 Å². The van der Waals surface area contributed by atoms with Gasteiger partial charge in [-0.1, -0.05) is 29.8 Å². The fourth-order valence-corrected chi connectivity index (χ4v) is 2.96. The van der Waals surface area contributed by atoms with Crippen molar-refractivity contribution in [1.29, 1.82) is 0 Å². The number of carbonyl (C=O) groups is 1. The lowest BCUT2D eigenvalue weighted by Gasteiger charge is -2.21. The van der Waals surface area contributed by atoms with Crippen LogP contribution in [0, 0.1) is 6.92 Å². The molecular formula is C15H13ClO2. The second kappa shape index (κ2) is 4.29. The van der Waals surface area contributed by atoms with Gasteiger partial charge in [0.2, 0.25) is 0 Å². The number of rotatable bonds is 1. The van der Waals surface area contributed by atoms with Crippen molar-refractivity contribution in [2.24, 2.45) is 0 Å². The lowest BCUT2D eigenvalue weighted by Crippen LogP contribution is -2.18. The molecule has 0 bridgehead atoms. The Bertz CT molecular complexity index is 613. The quantitative estimate of drug-likeness (QED) is 0.771. The van der Waals surface area contributed by atoms with E-state index in [0.29, 0.717) is 6.42 Å². The van der Waals surface area contributed by atoms with Gasteiger partial charge in [0.05, 0.1) is 11.8 Å². The molecule has 2 nitrogen and oxygen atoms in total. The third-order valence-electron chi connectivity index (χ3n) is 3.54. The highest BCUT2D eigenvalue weighted by Gasteiger charge is 2.30.